The Kier molecular flexibility index (Phi) is 9.78. The van der Waals surface area contributed by atoms with Crippen molar-refractivity contribution in [3.63, 3.8) is 0 Å². The van der Waals surface area contributed by atoms with Gasteiger partial charge < -0.3 is 4.74 Å². The molecule has 0 aliphatic carbocycles. The molecule has 1 atom stereocenters. The van der Waals surface area contributed by atoms with Crippen LogP contribution in [0.25, 0.3) is 0 Å². The van der Waals surface area contributed by atoms with Gasteiger partial charge >= 0.3 is 5.97 Å². The van der Waals surface area contributed by atoms with E-state index in [-0.39, 0.29) is 11.8 Å². The Bertz CT molecular complexity index is 224. The Hall–Kier alpha value is -0.860. The number of ether oxygens (including phenoxy) is 1. The van der Waals surface area contributed by atoms with Crippen LogP contribution in [-0.2, 0) is 14.3 Å². The molecule has 1 unspecified atom stereocenters. The number of ketones is 1. The van der Waals surface area contributed by atoms with Gasteiger partial charge in [-0.15, -0.1) is 0 Å². The van der Waals surface area contributed by atoms with E-state index in [1.165, 1.54) is 19.8 Å². The fourth-order valence-corrected chi connectivity index (χ4v) is 1.70. The van der Waals surface area contributed by atoms with Crippen molar-refractivity contribution < 1.29 is 14.3 Å². The molecule has 3 nitrogen and oxygen atoms in total. The number of esters is 1. The average molecular weight is 242 g/mol. The predicted octanol–water partition coefficient (Wildman–Crippen LogP) is 3.51. The van der Waals surface area contributed by atoms with Crippen LogP contribution >= 0.6 is 0 Å². The van der Waals surface area contributed by atoms with Gasteiger partial charge in [-0.2, -0.15) is 0 Å². The molecular weight excluding hydrogens is 216 g/mol. The van der Waals surface area contributed by atoms with Crippen LogP contribution in [0.5, 0.6) is 0 Å². The van der Waals surface area contributed by atoms with Gasteiger partial charge in [0, 0.05) is 0 Å². The normalized spacial score (nSPS) is 12.2. The first kappa shape index (κ1) is 16.1. The maximum atomic E-state index is 11.7. The van der Waals surface area contributed by atoms with Crippen LogP contribution in [0.15, 0.2) is 0 Å². The third kappa shape index (κ3) is 7.94. The van der Waals surface area contributed by atoms with Crippen molar-refractivity contribution >= 4 is 11.8 Å². The molecule has 0 spiro atoms. The summed E-state index contributed by atoms with van der Waals surface area (Å²) in [6, 6.07) is 0. The summed E-state index contributed by atoms with van der Waals surface area (Å²) in [7, 11) is 0. The number of Topliss-reactive ketones (excluding diaryl/α,β-unsaturated/α-hetero) is 1. The Balaban J connectivity index is 3.85. The van der Waals surface area contributed by atoms with Crippen molar-refractivity contribution in [2.75, 3.05) is 6.61 Å². The highest BCUT2D eigenvalue weighted by molar-refractivity contribution is 5.97. The molecule has 0 aliphatic rings. The summed E-state index contributed by atoms with van der Waals surface area (Å²) in [6.45, 7) is 6.11. The van der Waals surface area contributed by atoms with Gasteiger partial charge in [-0.25, -0.2) is 0 Å². The molecule has 0 aliphatic heterocycles. The van der Waals surface area contributed by atoms with Crippen molar-refractivity contribution in [3.8, 4) is 0 Å². The maximum absolute atomic E-state index is 11.7. The van der Waals surface area contributed by atoms with Gasteiger partial charge in [0.2, 0.25) is 0 Å². The predicted molar refractivity (Wildman–Crippen MR) is 68.8 cm³/mol. The smallest absolute Gasteiger partial charge is 0.316 e. The van der Waals surface area contributed by atoms with E-state index in [0.717, 1.165) is 25.7 Å². The van der Waals surface area contributed by atoms with E-state index in [0.29, 0.717) is 13.0 Å². The van der Waals surface area contributed by atoms with Crippen molar-refractivity contribution in [1.29, 1.82) is 0 Å². The zero-order chi connectivity index (χ0) is 13.1. The minimum Gasteiger partial charge on any atom is -0.465 e. The zero-order valence-electron chi connectivity index (χ0n) is 11.5. The number of carbonyl (C=O) groups excluding carboxylic acids is 2. The van der Waals surface area contributed by atoms with Crippen LogP contribution in [0.2, 0.25) is 0 Å². The van der Waals surface area contributed by atoms with Crippen LogP contribution in [0.4, 0.5) is 0 Å². The lowest BCUT2D eigenvalue weighted by molar-refractivity contribution is -0.152. The Morgan fingerprint density at radius 3 is 2.18 bits per heavy atom. The summed E-state index contributed by atoms with van der Waals surface area (Å²) in [5, 5.41) is 0. The van der Waals surface area contributed by atoms with Crippen LogP contribution in [0.1, 0.15) is 65.7 Å². The first-order valence-corrected chi connectivity index (χ1v) is 6.80. The van der Waals surface area contributed by atoms with Crippen molar-refractivity contribution in [2.45, 2.75) is 65.7 Å². The average Bonchev–Trinajstić information content (AvgIpc) is 2.29. The molecule has 100 valence electrons. The summed E-state index contributed by atoms with van der Waals surface area (Å²) < 4.78 is 5.15. The number of hydrogen-bond acceptors (Lipinski definition) is 3. The number of carbonyl (C=O) groups is 2. The molecule has 0 saturated heterocycles. The Morgan fingerprint density at radius 1 is 1.00 bits per heavy atom. The number of hydrogen-bond donors (Lipinski definition) is 0. The highest BCUT2D eigenvalue weighted by Crippen LogP contribution is 2.12. The standard InChI is InChI=1S/C14H26O3/c1-4-6-8-9-11-17-14(16)13(12(3)15)10-7-5-2/h13H,4-11H2,1-3H3. The van der Waals surface area contributed by atoms with E-state index < -0.39 is 5.92 Å². The lowest BCUT2D eigenvalue weighted by Crippen LogP contribution is -2.24. The SMILES string of the molecule is CCCCCCOC(=O)C(CCCC)C(C)=O. The molecule has 0 heterocycles. The minimum absolute atomic E-state index is 0.0722. The second-order valence-electron chi connectivity index (χ2n) is 4.53. The highest BCUT2D eigenvalue weighted by Gasteiger charge is 2.23. The largest absolute Gasteiger partial charge is 0.465 e. The quantitative estimate of drug-likeness (QED) is 0.334. The minimum atomic E-state index is -0.541. The van der Waals surface area contributed by atoms with Gasteiger partial charge in [0.25, 0.3) is 0 Å². The second-order valence-corrected chi connectivity index (χ2v) is 4.53. The van der Waals surface area contributed by atoms with Crippen molar-refractivity contribution in [2.24, 2.45) is 5.92 Å². The molecule has 0 N–H and O–H groups in total. The van der Waals surface area contributed by atoms with Crippen LogP contribution in [-0.4, -0.2) is 18.4 Å². The fourth-order valence-electron chi connectivity index (χ4n) is 1.70. The van der Waals surface area contributed by atoms with Gasteiger partial charge in [0.15, 0.2) is 0 Å². The molecule has 0 aromatic carbocycles. The summed E-state index contributed by atoms with van der Waals surface area (Å²) in [4.78, 5) is 23.0. The maximum Gasteiger partial charge on any atom is 0.316 e. The summed E-state index contributed by atoms with van der Waals surface area (Å²) in [6.07, 6.45) is 6.84. The van der Waals surface area contributed by atoms with Gasteiger partial charge in [-0.1, -0.05) is 46.0 Å². The van der Waals surface area contributed by atoms with E-state index >= 15 is 0 Å². The van der Waals surface area contributed by atoms with Gasteiger partial charge in [0.1, 0.15) is 11.7 Å². The molecular formula is C14H26O3. The second kappa shape index (κ2) is 10.3. The van der Waals surface area contributed by atoms with E-state index in [2.05, 4.69) is 6.92 Å². The molecule has 17 heavy (non-hydrogen) atoms. The molecule has 0 fully saturated rings. The molecule has 0 aromatic heterocycles. The van der Waals surface area contributed by atoms with Gasteiger partial charge in [-0.05, 0) is 19.8 Å². The third-order valence-corrected chi connectivity index (χ3v) is 2.86. The number of unbranched alkanes of at least 4 members (excludes halogenated alkanes) is 4. The molecule has 3 heteroatoms. The molecule has 0 rings (SSSR count). The highest BCUT2D eigenvalue weighted by atomic mass is 16.5. The van der Waals surface area contributed by atoms with Crippen LogP contribution in [0, 0.1) is 5.92 Å². The fraction of sp³-hybridized carbons (Fsp3) is 0.857. The van der Waals surface area contributed by atoms with Crippen LogP contribution in [0.3, 0.4) is 0 Å². The third-order valence-electron chi connectivity index (χ3n) is 2.86. The first-order chi connectivity index (χ1) is 8.13. The number of rotatable bonds is 10. The zero-order valence-corrected chi connectivity index (χ0v) is 11.5. The van der Waals surface area contributed by atoms with Crippen molar-refractivity contribution in [1.82, 2.24) is 0 Å². The summed E-state index contributed by atoms with van der Waals surface area (Å²) >= 11 is 0. The first-order valence-electron chi connectivity index (χ1n) is 6.80. The monoisotopic (exact) mass is 242 g/mol. The van der Waals surface area contributed by atoms with Gasteiger partial charge in [0.05, 0.1) is 6.61 Å². The molecule has 0 aromatic rings. The van der Waals surface area contributed by atoms with Crippen LogP contribution < -0.4 is 0 Å². The van der Waals surface area contributed by atoms with E-state index in [4.69, 9.17) is 4.74 Å². The van der Waals surface area contributed by atoms with Gasteiger partial charge in [-0.3, -0.25) is 9.59 Å². The molecule has 0 amide bonds. The van der Waals surface area contributed by atoms with E-state index in [1.807, 2.05) is 6.92 Å². The lowest BCUT2D eigenvalue weighted by atomic mass is 9.98. The molecule has 0 radical (unpaired) electrons. The Morgan fingerprint density at radius 2 is 1.65 bits per heavy atom. The van der Waals surface area contributed by atoms with E-state index in [1.54, 1.807) is 0 Å². The summed E-state index contributed by atoms with van der Waals surface area (Å²) in [5.41, 5.74) is 0. The topological polar surface area (TPSA) is 43.4 Å². The van der Waals surface area contributed by atoms with E-state index in [9.17, 15) is 9.59 Å². The Labute approximate surface area is 105 Å². The lowest BCUT2D eigenvalue weighted by Gasteiger charge is -2.12. The molecule has 0 saturated carbocycles. The summed E-state index contributed by atoms with van der Waals surface area (Å²) in [5.74, 6) is -0.944. The van der Waals surface area contributed by atoms with Crippen molar-refractivity contribution in [3.05, 3.63) is 0 Å². The molecule has 0 bridgehead atoms.